The van der Waals surface area contributed by atoms with Crippen LogP contribution in [0.3, 0.4) is 0 Å². The molecular weight excluding hydrogens is 328 g/mol. The minimum absolute atomic E-state index is 0.174. The molecule has 1 N–H and O–H groups in total. The van der Waals surface area contributed by atoms with Gasteiger partial charge in [-0.15, -0.1) is 0 Å². The van der Waals surface area contributed by atoms with E-state index in [1.165, 1.54) is 18.4 Å². The van der Waals surface area contributed by atoms with Gasteiger partial charge in [-0.25, -0.2) is 0 Å². The second kappa shape index (κ2) is 8.11. The van der Waals surface area contributed by atoms with Gasteiger partial charge in [0.1, 0.15) is 18.4 Å². The van der Waals surface area contributed by atoms with Crippen molar-refractivity contribution in [2.45, 2.75) is 64.8 Å². The van der Waals surface area contributed by atoms with Crippen molar-refractivity contribution in [1.82, 2.24) is 5.32 Å². The largest absolute Gasteiger partial charge is 0.489 e. The van der Waals surface area contributed by atoms with Crippen LogP contribution in [0.5, 0.6) is 5.75 Å². The molecule has 1 fully saturated rings. The molecule has 3 atom stereocenters. The van der Waals surface area contributed by atoms with Crippen LogP contribution in [0.2, 0.25) is 0 Å². The lowest BCUT2D eigenvalue weighted by molar-refractivity contribution is -0.134. The summed E-state index contributed by atoms with van der Waals surface area (Å²) in [6, 6.07) is 5.94. The van der Waals surface area contributed by atoms with Crippen LogP contribution >= 0.6 is 0 Å². The zero-order valence-corrected chi connectivity index (χ0v) is 16.1. The molecule has 142 valence electrons. The molecule has 0 spiro atoms. The summed E-state index contributed by atoms with van der Waals surface area (Å²) >= 11 is 0. The van der Waals surface area contributed by atoms with E-state index < -0.39 is 0 Å². The van der Waals surface area contributed by atoms with Gasteiger partial charge in [0.05, 0.1) is 12.2 Å². The van der Waals surface area contributed by atoms with E-state index >= 15 is 0 Å². The fraction of sp³-hybridized carbons (Fsp3) is 0.619. The Bertz CT molecular complexity index is 673. The van der Waals surface area contributed by atoms with E-state index in [1.807, 2.05) is 6.07 Å². The number of fused-ring (bicyclic) bond motifs is 1. The Morgan fingerprint density at radius 3 is 2.81 bits per heavy atom. The van der Waals surface area contributed by atoms with Crippen molar-refractivity contribution < 1.29 is 14.3 Å². The highest BCUT2D eigenvalue weighted by Gasteiger charge is 2.35. The standard InChI is InChI=1S/C21H30N2O3/c1-4-14(2)8-9-15(3)16-6-5-7-17-20(16)26-13-12-23(17)18-10-11-19(24)22-21(18)25/h5-7,14-15,18H,4,8-13H2,1-3H3,(H,22,24,25). The maximum atomic E-state index is 12.3. The maximum absolute atomic E-state index is 12.3. The van der Waals surface area contributed by atoms with Crippen molar-refractivity contribution in [2.24, 2.45) is 5.92 Å². The van der Waals surface area contributed by atoms with Gasteiger partial charge in [-0.3, -0.25) is 14.9 Å². The van der Waals surface area contributed by atoms with Crippen LogP contribution in [0.4, 0.5) is 5.69 Å². The number of para-hydroxylation sites is 1. The Kier molecular flexibility index (Phi) is 5.84. The third kappa shape index (κ3) is 3.87. The molecule has 0 saturated carbocycles. The predicted octanol–water partition coefficient (Wildman–Crippen LogP) is 3.62. The molecule has 3 rings (SSSR count). The van der Waals surface area contributed by atoms with E-state index in [9.17, 15) is 9.59 Å². The Balaban J connectivity index is 1.82. The molecule has 1 aromatic rings. The molecule has 2 aliphatic heterocycles. The van der Waals surface area contributed by atoms with Crippen molar-refractivity contribution in [3.63, 3.8) is 0 Å². The molecule has 0 bridgehead atoms. The lowest BCUT2D eigenvalue weighted by Gasteiger charge is -2.39. The van der Waals surface area contributed by atoms with Crippen LogP contribution in [0.25, 0.3) is 0 Å². The van der Waals surface area contributed by atoms with Gasteiger partial charge in [0, 0.05) is 6.42 Å². The number of carbonyl (C=O) groups is 2. The quantitative estimate of drug-likeness (QED) is 0.789. The van der Waals surface area contributed by atoms with Crippen LogP contribution in [0.1, 0.15) is 64.4 Å². The van der Waals surface area contributed by atoms with Crippen LogP contribution in [-0.4, -0.2) is 31.0 Å². The summed E-state index contributed by atoms with van der Waals surface area (Å²) in [6.45, 7) is 8.03. The number of anilines is 1. The van der Waals surface area contributed by atoms with Crippen molar-refractivity contribution in [3.8, 4) is 5.75 Å². The number of benzene rings is 1. The van der Waals surface area contributed by atoms with Crippen LogP contribution in [-0.2, 0) is 9.59 Å². The molecule has 5 nitrogen and oxygen atoms in total. The molecule has 3 unspecified atom stereocenters. The minimum Gasteiger partial charge on any atom is -0.489 e. The van der Waals surface area contributed by atoms with Crippen LogP contribution < -0.4 is 15.0 Å². The predicted molar refractivity (Wildman–Crippen MR) is 103 cm³/mol. The summed E-state index contributed by atoms with van der Waals surface area (Å²) in [7, 11) is 0. The van der Waals surface area contributed by atoms with Gasteiger partial charge >= 0.3 is 0 Å². The number of piperidine rings is 1. The first-order valence-electron chi connectivity index (χ1n) is 9.87. The van der Waals surface area contributed by atoms with Crippen molar-refractivity contribution >= 4 is 17.5 Å². The first kappa shape index (κ1) is 18.7. The highest BCUT2D eigenvalue weighted by molar-refractivity contribution is 6.01. The van der Waals surface area contributed by atoms with Crippen LogP contribution in [0, 0.1) is 5.92 Å². The van der Waals surface area contributed by atoms with Crippen molar-refractivity contribution in [1.29, 1.82) is 0 Å². The molecule has 0 aromatic heterocycles. The first-order valence-corrected chi connectivity index (χ1v) is 9.87. The monoisotopic (exact) mass is 358 g/mol. The summed E-state index contributed by atoms with van der Waals surface area (Å²) < 4.78 is 6.05. The smallest absolute Gasteiger partial charge is 0.249 e. The van der Waals surface area contributed by atoms with Gasteiger partial charge in [-0.1, -0.05) is 45.7 Å². The van der Waals surface area contributed by atoms with E-state index in [0.29, 0.717) is 31.9 Å². The van der Waals surface area contributed by atoms with E-state index in [1.54, 1.807) is 0 Å². The topological polar surface area (TPSA) is 58.6 Å². The maximum Gasteiger partial charge on any atom is 0.249 e. The number of hydrogen-bond acceptors (Lipinski definition) is 4. The van der Waals surface area contributed by atoms with E-state index in [-0.39, 0.29) is 17.9 Å². The SMILES string of the molecule is CCC(C)CCC(C)c1cccc2c1OCCN2C1CCC(=O)NC1=O. The number of imide groups is 1. The molecule has 1 saturated heterocycles. The van der Waals surface area contributed by atoms with Crippen molar-refractivity contribution in [2.75, 3.05) is 18.1 Å². The number of amides is 2. The Morgan fingerprint density at radius 1 is 1.27 bits per heavy atom. The second-order valence-corrected chi connectivity index (χ2v) is 7.70. The van der Waals surface area contributed by atoms with E-state index in [4.69, 9.17) is 4.74 Å². The van der Waals surface area contributed by atoms with Crippen molar-refractivity contribution in [3.05, 3.63) is 23.8 Å². The van der Waals surface area contributed by atoms with Crippen LogP contribution in [0.15, 0.2) is 18.2 Å². The normalized spacial score (nSPS) is 22.3. The zero-order chi connectivity index (χ0) is 18.7. The molecule has 5 heteroatoms. The third-order valence-corrected chi connectivity index (χ3v) is 5.82. The molecular formula is C21H30N2O3. The average molecular weight is 358 g/mol. The number of hydrogen-bond donors (Lipinski definition) is 1. The first-order chi connectivity index (χ1) is 12.5. The summed E-state index contributed by atoms with van der Waals surface area (Å²) in [4.78, 5) is 25.9. The average Bonchev–Trinajstić information content (AvgIpc) is 2.65. The van der Waals surface area contributed by atoms with Gasteiger partial charge in [-0.2, -0.15) is 0 Å². The second-order valence-electron chi connectivity index (χ2n) is 7.70. The summed E-state index contributed by atoms with van der Waals surface area (Å²) in [5, 5.41) is 2.47. The Morgan fingerprint density at radius 2 is 2.08 bits per heavy atom. The lowest BCUT2D eigenvalue weighted by atomic mass is 9.90. The molecule has 2 heterocycles. The van der Waals surface area contributed by atoms with E-state index in [0.717, 1.165) is 23.8 Å². The summed E-state index contributed by atoms with van der Waals surface area (Å²) in [5.41, 5.74) is 2.21. The van der Waals surface area contributed by atoms with Gasteiger partial charge in [0.2, 0.25) is 11.8 Å². The molecule has 1 aromatic carbocycles. The number of rotatable bonds is 6. The zero-order valence-electron chi connectivity index (χ0n) is 16.1. The molecule has 26 heavy (non-hydrogen) atoms. The third-order valence-electron chi connectivity index (χ3n) is 5.82. The Hall–Kier alpha value is -2.04. The fourth-order valence-corrected chi connectivity index (χ4v) is 3.88. The highest BCUT2D eigenvalue weighted by atomic mass is 16.5. The van der Waals surface area contributed by atoms with Gasteiger partial charge < -0.3 is 9.64 Å². The number of carbonyl (C=O) groups excluding carboxylic acids is 2. The molecule has 0 radical (unpaired) electrons. The Labute approximate surface area is 156 Å². The number of nitrogens with one attached hydrogen (secondary N) is 1. The lowest BCUT2D eigenvalue weighted by Crippen LogP contribution is -2.54. The molecule has 2 aliphatic rings. The molecule has 0 aliphatic carbocycles. The fourth-order valence-electron chi connectivity index (χ4n) is 3.88. The number of ether oxygens (including phenoxy) is 1. The van der Waals surface area contributed by atoms with Gasteiger partial charge in [0.25, 0.3) is 0 Å². The summed E-state index contributed by atoms with van der Waals surface area (Å²) in [5.74, 6) is 1.70. The van der Waals surface area contributed by atoms with Gasteiger partial charge in [0.15, 0.2) is 0 Å². The summed E-state index contributed by atoms with van der Waals surface area (Å²) in [6.07, 6.45) is 4.51. The highest BCUT2D eigenvalue weighted by Crippen LogP contribution is 2.41. The molecule has 2 amide bonds. The minimum atomic E-state index is -0.291. The van der Waals surface area contributed by atoms with E-state index in [2.05, 4.69) is 43.1 Å². The number of nitrogens with zero attached hydrogens (tertiary/aromatic N) is 1. The van der Waals surface area contributed by atoms with Gasteiger partial charge in [-0.05, 0) is 36.3 Å².